The first-order chi connectivity index (χ1) is 17.2. The number of fused-ring (bicyclic) bond motifs is 1. The number of carbonyl (C=O) groups is 2. The van der Waals surface area contributed by atoms with Crippen molar-refractivity contribution in [1.29, 1.82) is 0 Å². The van der Waals surface area contributed by atoms with Crippen molar-refractivity contribution in [3.8, 4) is 17.2 Å². The Bertz CT molecular complexity index is 1330. The molecule has 0 bridgehead atoms. The third-order valence-corrected chi connectivity index (χ3v) is 6.30. The number of ketones is 1. The monoisotopic (exact) mass is 494 g/mol. The molecule has 1 amide bonds. The summed E-state index contributed by atoms with van der Waals surface area (Å²) >= 11 is 0. The number of rotatable bonds is 8. The Morgan fingerprint density at radius 2 is 1.75 bits per heavy atom. The Morgan fingerprint density at radius 1 is 1.08 bits per heavy atom. The molecule has 10 heteroatoms. The van der Waals surface area contributed by atoms with E-state index in [0.717, 1.165) is 4.90 Å². The molecule has 0 saturated carbocycles. The van der Waals surface area contributed by atoms with Crippen molar-refractivity contribution >= 4 is 23.1 Å². The fourth-order valence-corrected chi connectivity index (χ4v) is 4.57. The van der Waals surface area contributed by atoms with Crippen LogP contribution in [0.25, 0.3) is 11.4 Å². The van der Waals surface area contributed by atoms with Gasteiger partial charge in [-0.15, -0.1) is 0 Å². The zero-order chi connectivity index (χ0) is 26.1. The molecule has 1 N–H and O–H groups in total. The third kappa shape index (κ3) is 4.13. The van der Waals surface area contributed by atoms with Crippen LogP contribution >= 0.6 is 0 Å². The number of aryl methyl sites for hydroxylation is 1. The van der Waals surface area contributed by atoms with E-state index in [-0.39, 0.29) is 17.8 Å². The first-order valence-electron chi connectivity index (χ1n) is 11.5. The van der Waals surface area contributed by atoms with E-state index in [1.807, 2.05) is 20.2 Å². The van der Waals surface area contributed by atoms with Gasteiger partial charge in [0.2, 0.25) is 11.5 Å². The molecule has 1 unspecified atom stereocenters. The summed E-state index contributed by atoms with van der Waals surface area (Å²) in [7, 11) is 8.36. The predicted octanol–water partition coefficient (Wildman–Crippen LogP) is 0.0370. The number of Topliss-reactive ketones (excluding diaryl/α,β-unsaturated/α-hetero) is 1. The van der Waals surface area contributed by atoms with E-state index in [9.17, 15) is 14.7 Å². The van der Waals surface area contributed by atoms with Crippen molar-refractivity contribution in [2.24, 2.45) is 0 Å². The Labute approximate surface area is 209 Å². The molecule has 0 radical (unpaired) electrons. The lowest BCUT2D eigenvalue weighted by Gasteiger charge is -2.28. The Morgan fingerprint density at radius 3 is 2.33 bits per heavy atom. The number of amides is 1. The number of ether oxygens (including phenoxy) is 3. The summed E-state index contributed by atoms with van der Waals surface area (Å²) in [5.74, 6) is -0.996. The Balaban J connectivity index is 1.99. The maximum Gasteiger partial charge on any atom is 0.295 e. The van der Waals surface area contributed by atoms with Crippen LogP contribution in [0.3, 0.4) is 0 Å². The van der Waals surface area contributed by atoms with Crippen LogP contribution in [0.15, 0.2) is 42.1 Å². The van der Waals surface area contributed by atoms with Crippen LogP contribution in [0, 0.1) is 6.92 Å². The van der Waals surface area contributed by atoms with E-state index in [1.165, 1.54) is 26.2 Å². The van der Waals surface area contributed by atoms with Crippen molar-refractivity contribution in [2.75, 3.05) is 48.5 Å². The fraction of sp³-hybridized carbons (Fsp3) is 0.346. The van der Waals surface area contributed by atoms with Crippen molar-refractivity contribution in [3.63, 3.8) is 0 Å². The summed E-state index contributed by atoms with van der Waals surface area (Å²) in [6.45, 7) is 2.57. The number of benzene rings is 1. The van der Waals surface area contributed by atoms with Gasteiger partial charge in [0.15, 0.2) is 11.5 Å². The molecule has 1 aliphatic heterocycles. The number of carbonyl (C=O) groups excluding carboxylic acids is 2. The van der Waals surface area contributed by atoms with Gasteiger partial charge < -0.3 is 33.5 Å². The molecule has 3 aromatic rings. The predicted molar refractivity (Wildman–Crippen MR) is 130 cm³/mol. The van der Waals surface area contributed by atoms with Crippen LogP contribution in [-0.2, 0) is 9.59 Å². The van der Waals surface area contributed by atoms with E-state index in [0.29, 0.717) is 40.7 Å². The molecule has 1 fully saturated rings. The quantitative estimate of drug-likeness (QED) is 0.267. The third-order valence-electron chi connectivity index (χ3n) is 6.30. The molecule has 1 saturated heterocycles. The molecule has 1 atom stereocenters. The van der Waals surface area contributed by atoms with E-state index >= 15 is 0 Å². The Kier molecular flexibility index (Phi) is 6.89. The van der Waals surface area contributed by atoms with Crippen LogP contribution < -0.4 is 24.2 Å². The molecule has 0 spiro atoms. The number of nitrogens with one attached hydrogen (secondary N) is 1. The van der Waals surface area contributed by atoms with Gasteiger partial charge >= 0.3 is 0 Å². The molecular weight excluding hydrogens is 464 g/mol. The number of methoxy groups -OCH3 is 3. The normalized spacial score (nSPS) is 17.3. The summed E-state index contributed by atoms with van der Waals surface area (Å²) in [4.78, 5) is 33.6. The van der Waals surface area contributed by atoms with Gasteiger partial charge in [0.1, 0.15) is 5.65 Å². The summed E-state index contributed by atoms with van der Waals surface area (Å²) in [6.07, 6.45) is 1.71. The summed E-state index contributed by atoms with van der Waals surface area (Å²) in [5.41, 5.74) is 1.68. The number of hydrogen-bond acceptors (Lipinski definition) is 7. The summed E-state index contributed by atoms with van der Waals surface area (Å²) < 4.78 is 18.1. The van der Waals surface area contributed by atoms with Gasteiger partial charge in [0.05, 0.1) is 65.9 Å². The molecule has 190 valence electrons. The van der Waals surface area contributed by atoms with Crippen LogP contribution in [0.2, 0.25) is 0 Å². The second-order valence-electron chi connectivity index (χ2n) is 8.86. The van der Waals surface area contributed by atoms with Gasteiger partial charge in [-0.25, -0.2) is 4.98 Å². The number of nitrogens with zero attached hydrogens (tertiary/aromatic N) is 3. The minimum atomic E-state index is -0.931. The van der Waals surface area contributed by atoms with Gasteiger partial charge in [-0.1, -0.05) is 11.8 Å². The first-order valence-corrected chi connectivity index (χ1v) is 11.5. The van der Waals surface area contributed by atoms with Crippen molar-refractivity contribution < 1.29 is 33.8 Å². The molecule has 4 rings (SSSR count). The molecule has 10 nitrogen and oxygen atoms in total. The van der Waals surface area contributed by atoms with Crippen LogP contribution in [0.5, 0.6) is 17.2 Å². The highest BCUT2D eigenvalue weighted by Crippen LogP contribution is 2.45. The number of likely N-dealkylation sites (N-methyl/N-ethyl adjacent to an activating group) is 1. The van der Waals surface area contributed by atoms with Gasteiger partial charge in [0.25, 0.3) is 5.91 Å². The number of imidazole rings is 1. The van der Waals surface area contributed by atoms with Crippen molar-refractivity contribution in [2.45, 2.75) is 13.0 Å². The molecule has 2 aromatic heterocycles. The standard InChI is InChI=1S/C26H30N4O6/c1-15-21(29-10-8-7-9-19(29)27-15)23(31)20-22(30(12-11-28(2)3)26(33)24(20)32)16-13-17(34-4)25(36-6)18(14-16)35-5/h7-10,13-14,22,31H,11-12H2,1-6H3. The van der Waals surface area contributed by atoms with Gasteiger partial charge in [0, 0.05) is 11.8 Å². The summed E-state index contributed by atoms with van der Waals surface area (Å²) in [6, 6.07) is 7.78. The maximum absolute atomic E-state index is 14.0. The second-order valence-corrected chi connectivity index (χ2v) is 8.86. The van der Waals surface area contributed by atoms with Gasteiger partial charge in [-0.05, 0) is 36.8 Å². The van der Waals surface area contributed by atoms with E-state index < -0.39 is 23.5 Å². The lowest BCUT2D eigenvalue weighted by Crippen LogP contribution is -3.06. The number of hydrogen-bond donors (Lipinski definition) is 1. The minimum absolute atomic E-state index is 0.128. The van der Waals surface area contributed by atoms with E-state index in [4.69, 9.17) is 14.2 Å². The fourth-order valence-electron chi connectivity index (χ4n) is 4.57. The van der Waals surface area contributed by atoms with Crippen LogP contribution in [0.1, 0.15) is 23.0 Å². The zero-order valence-corrected chi connectivity index (χ0v) is 21.2. The minimum Gasteiger partial charge on any atom is -0.871 e. The molecule has 36 heavy (non-hydrogen) atoms. The van der Waals surface area contributed by atoms with Crippen molar-refractivity contribution in [3.05, 3.63) is 59.1 Å². The van der Waals surface area contributed by atoms with Crippen LogP contribution in [-0.4, -0.2) is 74.5 Å². The topological polar surface area (TPSA) is 110 Å². The first kappa shape index (κ1) is 25.1. The highest BCUT2D eigenvalue weighted by atomic mass is 16.5. The number of likely N-dealkylation sites (tertiary alicyclic amines) is 1. The lowest BCUT2D eigenvalue weighted by molar-refractivity contribution is -0.857. The molecule has 1 aliphatic rings. The Hall–Kier alpha value is -4.05. The summed E-state index contributed by atoms with van der Waals surface area (Å²) in [5, 5.41) is 14.0. The highest BCUT2D eigenvalue weighted by Gasteiger charge is 2.45. The maximum atomic E-state index is 14.0. The van der Waals surface area contributed by atoms with E-state index in [2.05, 4.69) is 4.98 Å². The zero-order valence-electron chi connectivity index (χ0n) is 21.2. The molecule has 0 aliphatic carbocycles. The number of quaternary nitrogens is 1. The number of aromatic nitrogens is 2. The van der Waals surface area contributed by atoms with Gasteiger partial charge in [-0.2, -0.15) is 0 Å². The van der Waals surface area contributed by atoms with Crippen molar-refractivity contribution in [1.82, 2.24) is 14.3 Å². The lowest BCUT2D eigenvalue weighted by atomic mass is 9.95. The second kappa shape index (κ2) is 9.90. The average Bonchev–Trinajstić information content (AvgIpc) is 3.33. The largest absolute Gasteiger partial charge is 0.871 e. The van der Waals surface area contributed by atoms with Crippen LogP contribution in [0.4, 0.5) is 0 Å². The van der Waals surface area contributed by atoms with Gasteiger partial charge in [-0.3, -0.25) is 9.59 Å². The molecule has 3 heterocycles. The SMILES string of the molecule is COc1cc(C2C(=C([O-])c3c(C)nc4ccccn34)C(=O)C(=O)N2CC[NH+](C)C)cc(OC)c1OC. The average molecular weight is 495 g/mol. The van der Waals surface area contributed by atoms with E-state index in [1.54, 1.807) is 41.8 Å². The smallest absolute Gasteiger partial charge is 0.295 e. The number of pyridine rings is 1. The molecule has 1 aromatic carbocycles. The highest BCUT2D eigenvalue weighted by molar-refractivity contribution is 6.46. The molecular formula is C26H30N4O6.